The molecular weight excluding hydrogens is 332 g/mol. The number of aryl methyl sites for hydroxylation is 1. The molecule has 2 N–H and O–H groups in total. The summed E-state index contributed by atoms with van der Waals surface area (Å²) in [5.74, 6) is -1.77. The number of benzene rings is 2. The Morgan fingerprint density at radius 2 is 1.67 bits per heavy atom. The maximum atomic E-state index is 11.9. The zero-order valence-electron chi connectivity index (χ0n) is 12.8. The van der Waals surface area contributed by atoms with Crippen LogP contribution >= 0.6 is 11.6 Å². The van der Waals surface area contributed by atoms with Crippen molar-refractivity contribution in [2.75, 3.05) is 6.61 Å². The number of esters is 1. The summed E-state index contributed by atoms with van der Waals surface area (Å²) >= 11 is 5.73. The molecule has 7 heteroatoms. The molecule has 24 heavy (non-hydrogen) atoms. The highest BCUT2D eigenvalue weighted by Gasteiger charge is 2.13. The summed E-state index contributed by atoms with van der Waals surface area (Å²) in [7, 11) is 0. The molecule has 2 amide bonds. The number of carbonyl (C=O) groups is 3. The Labute approximate surface area is 143 Å². The highest BCUT2D eigenvalue weighted by Crippen LogP contribution is 2.09. The van der Waals surface area contributed by atoms with Gasteiger partial charge in [-0.15, -0.1) is 0 Å². The Balaban J connectivity index is 1.79. The Morgan fingerprint density at radius 1 is 1.00 bits per heavy atom. The minimum atomic E-state index is -0.653. The third-order valence-electron chi connectivity index (χ3n) is 3.12. The molecule has 0 aromatic heterocycles. The Morgan fingerprint density at radius 3 is 2.33 bits per heavy atom. The van der Waals surface area contributed by atoms with Crippen LogP contribution in [-0.4, -0.2) is 24.4 Å². The maximum absolute atomic E-state index is 11.9. The predicted molar refractivity (Wildman–Crippen MR) is 88.5 cm³/mol. The number of hydrogen-bond acceptors (Lipinski definition) is 4. The predicted octanol–water partition coefficient (Wildman–Crippen LogP) is 2.27. The molecule has 0 fully saturated rings. The van der Waals surface area contributed by atoms with Crippen LogP contribution in [0.4, 0.5) is 0 Å². The van der Waals surface area contributed by atoms with Gasteiger partial charge >= 0.3 is 5.97 Å². The summed E-state index contributed by atoms with van der Waals surface area (Å²) in [5.41, 5.74) is 5.85. The molecule has 0 aliphatic heterocycles. The number of hydrazine groups is 1. The smallest absolute Gasteiger partial charge is 0.338 e. The van der Waals surface area contributed by atoms with Crippen LogP contribution in [0, 0.1) is 6.92 Å². The van der Waals surface area contributed by atoms with Crippen molar-refractivity contribution in [2.45, 2.75) is 6.92 Å². The van der Waals surface area contributed by atoms with Gasteiger partial charge in [0.2, 0.25) is 0 Å². The van der Waals surface area contributed by atoms with Gasteiger partial charge in [0.1, 0.15) is 0 Å². The number of rotatable bonds is 4. The fourth-order valence-electron chi connectivity index (χ4n) is 1.85. The topological polar surface area (TPSA) is 84.5 Å². The van der Waals surface area contributed by atoms with Gasteiger partial charge in [-0.1, -0.05) is 29.8 Å². The molecule has 0 heterocycles. The van der Waals surface area contributed by atoms with Crippen molar-refractivity contribution in [2.24, 2.45) is 0 Å². The van der Waals surface area contributed by atoms with Crippen molar-refractivity contribution >= 4 is 29.4 Å². The van der Waals surface area contributed by atoms with Gasteiger partial charge in [0.05, 0.1) is 5.56 Å². The van der Waals surface area contributed by atoms with Gasteiger partial charge < -0.3 is 4.74 Å². The first kappa shape index (κ1) is 17.5. The second kappa shape index (κ2) is 8.12. The molecule has 6 nitrogen and oxygen atoms in total. The lowest BCUT2D eigenvalue weighted by Gasteiger charge is -2.09. The summed E-state index contributed by atoms with van der Waals surface area (Å²) in [5, 5.41) is 0.499. The monoisotopic (exact) mass is 346 g/mol. The van der Waals surface area contributed by atoms with E-state index < -0.39 is 24.4 Å². The number of amides is 2. The van der Waals surface area contributed by atoms with Crippen LogP contribution < -0.4 is 10.9 Å². The van der Waals surface area contributed by atoms with E-state index in [9.17, 15) is 14.4 Å². The van der Waals surface area contributed by atoms with Gasteiger partial charge in [0.25, 0.3) is 11.8 Å². The summed E-state index contributed by atoms with van der Waals surface area (Å²) in [6.45, 7) is 1.26. The van der Waals surface area contributed by atoms with Crippen LogP contribution in [0.2, 0.25) is 5.02 Å². The van der Waals surface area contributed by atoms with Crippen molar-refractivity contribution in [3.8, 4) is 0 Å². The van der Waals surface area contributed by atoms with E-state index in [1.807, 2.05) is 0 Å². The minimum absolute atomic E-state index is 0.330. The number of hydrogen-bond donors (Lipinski definition) is 2. The van der Waals surface area contributed by atoms with E-state index in [0.29, 0.717) is 16.1 Å². The maximum Gasteiger partial charge on any atom is 0.338 e. The molecule has 0 aliphatic carbocycles. The molecule has 0 aliphatic rings. The molecule has 2 aromatic rings. The number of nitrogens with one attached hydrogen (secondary N) is 2. The molecule has 0 atom stereocenters. The molecule has 0 unspecified atom stereocenters. The lowest BCUT2D eigenvalue weighted by molar-refractivity contribution is -0.125. The Hall–Kier alpha value is -2.86. The number of ether oxygens (including phenoxy) is 1. The molecule has 0 bridgehead atoms. The quantitative estimate of drug-likeness (QED) is 0.657. The van der Waals surface area contributed by atoms with Gasteiger partial charge in [-0.3, -0.25) is 20.4 Å². The summed E-state index contributed by atoms with van der Waals surface area (Å²) in [4.78, 5) is 35.3. The van der Waals surface area contributed by atoms with Crippen LogP contribution in [-0.2, 0) is 9.53 Å². The summed E-state index contributed by atoms with van der Waals surface area (Å²) in [6, 6.07) is 13.0. The standard InChI is InChI=1S/C17H15ClN2O4/c1-11-4-2-3-5-14(11)17(23)24-10-15(21)19-20-16(22)12-6-8-13(18)9-7-12/h2-9H,10H2,1H3,(H,19,21)(H,20,22). The van der Waals surface area contributed by atoms with Crippen molar-refractivity contribution < 1.29 is 19.1 Å². The van der Waals surface area contributed by atoms with E-state index in [-0.39, 0.29) is 0 Å². The molecule has 0 radical (unpaired) electrons. The first-order valence-electron chi connectivity index (χ1n) is 7.05. The number of halogens is 1. The van der Waals surface area contributed by atoms with E-state index >= 15 is 0 Å². The highest BCUT2D eigenvalue weighted by atomic mass is 35.5. The summed E-state index contributed by atoms with van der Waals surface area (Å²) < 4.78 is 4.90. The zero-order valence-corrected chi connectivity index (χ0v) is 13.6. The highest BCUT2D eigenvalue weighted by molar-refractivity contribution is 6.30. The van der Waals surface area contributed by atoms with Crippen LogP contribution in [0.5, 0.6) is 0 Å². The Bertz CT molecular complexity index is 759. The second-order valence-corrected chi connectivity index (χ2v) is 5.34. The zero-order chi connectivity index (χ0) is 17.5. The third-order valence-corrected chi connectivity index (χ3v) is 3.37. The van der Waals surface area contributed by atoms with E-state index in [1.165, 1.54) is 12.1 Å². The average molecular weight is 347 g/mol. The van der Waals surface area contributed by atoms with Gasteiger partial charge in [-0.05, 0) is 42.8 Å². The van der Waals surface area contributed by atoms with Crippen molar-refractivity contribution in [1.82, 2.24) is 10.9 Å². The summed E-state index contributed by atoms with van der Waals surface area (Å²) in [6.07, 6.45) is 0. The largest absolute Gasteiger partial charge is 0.452 e. The molecule has 124 valence electrons. The van der Waals surface area contributed by atoms with E-state index in [4.69, 9.17) is 16.3 Å². The van der Waals surface area contributed by atoms with Crippen molar-refractivity contribution in [3.05, 3.63) is 70.2 Å². The number of carbonyl (C=O) groups excluding carboxylic acids is 3. The van der Waals surface area contributed by atoms with Crippen LogP contribution in [0.15, 0.2) is 48.5 Å². The van der Waals surface area contributed by atoms with Crippen molar-refractivity contribution in [1.29, 1.82) is 0 Å². The van der Waals surface area contributed by atoms with E-state index in [2.05, 4.69) is 10.9 Å². The van der Waals surface area contributed by atoms with Crippen molar-refractivity contribution in [3.63, 3.8) is 0 Å². The van der Waals surface area contributed by atoms with Crippen LogP contribution in [0.3, 0.4) is 0 Å². The van der Waals surface area contributed by atoms with Gasteiger partial charge in [0, 0.05) is 10.6 Å². The lowest BCUT2D eigenvalue weighted by Crippen LogP contribution is -2.43. The Kier molecular flexibility index (Phi) is 5.92. The molecule has 0 saturated heterocycles. The SMILES string of the molecule is Cc1ccccc1C(=O)OCC(=O)NNC(=O)c1ccc(Cl)cc1. The normalized spacial score (nSPS) is 9.92. The fourth-order valence-corrected chi connectivity index (χ4v) is 1.97. The minimum Gasteiger partial charge on any atom is -0.452 e. The van der Waals surface area contributed by atoms with Gasteiger partial charge in [0.15, 0.2) is 6.61 Å². The van der Waals surface area contributed by atoms with E-state index in [0.717, 1.165) is 5.56 Å². The first-order valence-corrected chi connectivity index (χ1v) is 7.42. The third kappa shape index (κ3) is 4.82. The molecule has 2 aromatic carbocycles. The van der Waals surface area contributed by atoms with Crippen LogP contribution in [0.25, 0.3) is 0 Å². The average Bonchev–Trinajstić information content (AvgIpc) is 2.58. The van der Waals surface area contributed by atoms with Crippen LogP contribution in [0.1, 0.15) is 26.3 Å². The first-order chi connectivity index (χ1) is 11.5. The molecular formula is C17H15ClN2O4. The molecule has 0 spiro atoms. The van der Waals surface area contributed by atoms with E-state index in [1.54, 1.807) is 43.3 Å². The fraction of sp³-hybridized carbons (Fsp3) is 0.118. The van der Waals surface area contributed by atoms with Gasteiger partial charge in [-0.2, -0.15) is 0 Å². The molecule has 2 rings (SSSR count). The lowest BCUT2D eigenvalue weighted by atomic mass is 10.1. The van der Waals surface area contributed by atoms with Gasteiger partial charge in [-0.25, -0.2) is 4.79 Å². The second-order valence-electron chi connectivity index (χ2n) is 4.90. The molecule has 0 saturated carbocycles.